The maximum Gasteiger partial charge on any atom is 0.377 e. The number of aliphatic carboxylic acids is 1. The fraction of sp³-hybridized carbons (Fsp3) is 0.100. The SMILES string of the molecule is Cc1nccc2c(C(=O)C(=O)O)cc(Br)n12. The maximum absolute atomic E-state index is 11.4. The molecule has 0 saturated carbocycles. The molecule has 16 heavy (non-hydrogen) atoms. The van der Waals surface area contributed by atoms with Gasteiger partial charge in [0.25, 0.3) is 5.78 Å². The number of hydrogen-bond donors (Lipinski definition) is 1. The Kier molecular flexibility index (Phi) is 2.51. The first-order chi connectivity index (χ1) is 7.52. The predicted molar refractivity (Wildman–Crippen MR) is 59.6 cm³/mol. The Morgan fingerprint density at radius 2 is 2.19 bits per heavy atom. The first-order valence-corrected chi connectivity index (χ1v) is 5.22. The molecule has 82 valence electrons. The van der Waals surface area contributed by atoms with Crippen molar-refractivity contribution >= 4 is 33.2 Å². The fourth-order valence-electron chi connectivity index (χ4n) is 1.56. The van der Waals surface area contributed by atoms with Crippen LogP contribution >= 0.6 is 15.9 Å². The number of ketones is 1. The van der Waals surface area contributed by atoms with E-state index in [9.17, 15) is 9.59 Å². The van der Waals surface area contributed by atoms with Gasteiger partial charge in [-0.15, -0.1) is 0 Å². The van der Waals surface area contributed by atoms with Gasteiger partial charge in [0, 0.05) is 6.20 Å². The zero-order chi connectivity index (χ0) is 11.9. The highest BCUT2D eigenvalue weighted by atomic mass is 79.9. The van der Waals surface area contributed by atoms with Gasteiger partial charge in [0.1, 0.15) is 5.82 Å². The molecular weight excluding hydrogens is 276 g/mol. The molecule has 0 bridgehead atoms. The zero-order valence-electron chi connectivity index (χ0n) is 8.27. The number of Topliss-reactive ketones (excluding diaryl/α,β-unsaturated/α-hetero) is 1. The van der Waals surface area contributed by atoms with Crippen molar-refractivity contribution in [2.75, 3.05) is 0 Å². The van der Waals surface area contributed by atoms with E-state index in [1.807, 2.05) is 0 Å². The average molecular weight is 283 g/mol. The number of carbonyl (C=O) groups is 2. The van der Waals surface area contributed by atoms with E-state index in [-0.39, 0.29) is 5.56 Å². The molecular formula is C10H7BrN2O3. The molecule has 0 radical (unpaired) electrons. The van der Waals surface area contributed by atoms with Crippen LogP contribution in [0.15, 0.2) is 22.9 Å². The summed E-state index contributed by atoms with van der Waals surface area (Å²) in [5.41, 5.74) is 0.691. The molecule has 2 heterocycles. The van der Waals surface area contributed by atoms with E-state index in [2.05, 4.69) is 20.9 Å². The third-order valence-corrected chi connectivity index (χ3v) is 2.83. The highest BCUT2D eigenvalue weighted by Crippen LogP contribution is 2.22. The predicted octanol–water partition coefficient (Wildman–Crippen LogP) is 1.67. The Labute approximate surface area is 98.8 Å². The van der Waals surface area contributed by atoms with Gasteiger partial charge < -0.3 is 5.11 Å². The van der Waals surface area contributed by atoms with Crippen LogP contribution < -0.4 is 0 Å². The van der Waals surface area contributed by atoms with Gasteiger partial charge in [0.05, 0.1) is 15.7 Å². The first kappa shape index (κ1) is 10.8. The summed E-state index contributed by atoms with van der Waals surface area (Å²) >= 11 is 3.26. The minimum absolute atomic E-state index is 0.157. The molecule has 0 fully saturated rings. The monoisotopic (exact) mass is 282 g/mol. The van der Waals surface area contributed by atoms with Crippen molar-refractivity contribution in [2.24, 2.45) is 0 Å². The molecule has 1 N–H and O–H groups in total. The third-order valence-electron chi connectivity index (χ3n) is 2.25. The van der Waals surface area contributed by atoms with E-state index in [1.165, 1.54) is 12.3 Å². The zero-order valence-corrected chi connectivity index (χ0v) is 9.85. The Morgan fingerprint density at radius 3 is 2.81 bits per heavy atom. The molecule has 2 aromatic heterocycles. The van der Waals surface area contributed by atoms with Crippen molar-refractivity contribution in [2.45, 2.75) is 6.92 Å². The normalized spacial score (nSPS) is 10.6. The van der Waals surface area contributed by atoms with Gasteiger partial charge in [-0.05, 0) is 35.0 Å². The molecule has 0 unspecified atom stereocenters. The van der Waals surface area contributed by atoms with Crippen LogP contribution in [0.2, 0.25) is 0 Å². The van der Waals surface area contributed by atoms with Crippen LogP contribution in [0.3, 0.4) is 0 Å². The van der Waals surface area contributed by atoms with E-state index in [0.717, 1.165) is 0 Å². The summed E-state index contributed by atoms with van der Waals surface area (Å²) < 4.78 is 2.29. The van der Waals surface area contributed by atoms with E-state index < -0.39 is 11.8 Å². The highest BCUT2D eigenvalue weighted by Gasteiger charge is 2.20. The number of nitrogens with zero attached hydrogens (tertiary/aromatic N) is 2. The van der Waals surface area contributed by atoms with E-state index in [0.29, 0.717) is 15.9 Å². The number of aromatic nitrogens is 2. The van der Waals surface area contributed by atoms with Gasteiger partial charge in [-0.3, -0.25) is 9.20 Å². The molecule has 2 rings (SSSR count). The summed E-state index contributed by atoms with van der Waals surface area (Å²) in [6.07, 6.45) is 1.54. The number of carboxylic acids is 1. The smallest absolute Gasteiger partial charge is 0.377 e. The molecule has 0 aliphatic rings. The molecule has 0 saturated heterocycles. The summed E-state index contributed by atoms with van der Waals surface area (Å²) in [5.74, 6) is -1.71. The number of halogens is 1. The van der Waals surface area contributed by atoms with Gasteiger partial charge in [0.15, 0.2) is 0 Å². The average Bonchev–Trinajstić information content (AvgIpc) is 2.56. The van der Waals surface area contributed by atoms with E-state index in [4.69, 9.17) is 5.11 Å². The van der Waals surface area contributed by atoms with Crippen LogP contribution in [-0.4, -0.2) is 26.2 Å². The highest BCUT2D eigenvalue weighted by molar-refractivity contribution is 9.10. The third kappa shape index (κ3) is 1.51. The van der Waals surface area contributed by atoms with Gasteiger partial charge in [-0.2, -0.15) is 0 Å². The Bertz CT molecular complexity index is 603. The minimum Gasteiger partial charge on any atom is -0.475 e. The summed E-state index contributed by atoms with van der Waals surface area (Å²) in [6, 6.07) is 3.09. The molecule has 0 spiro atoms. The molecule has 5 nitrogen and oxygen atoms in total. The molecule has 2 aromatic rings. The lowest BCUT2D eigenvalue weighted by Gasteiger charge is -2.00. The Hall–Kier alpha value is -1.69. The lowest BCUT2D eigenvalue weighted by Crippen LogP contribution is -2.12. The largest absolute Gasteiger partial charge is 0.475 e. The standard InChI is InChI=1S/C10H7BrN2O3/c1-5-12-3-2-7-6(9(14)10(15)16)4-8(11)13(5)7/h2-4H,1H3,(H,15,16). The molecule has 0 aliphatic heterocycles. The molecule has 0 aliphatic carbocycles. The molecule has 0 amide bonds. The summed E-state index contributed by atoms with van der Waals surface area (Å²) in [4.78, 5) is 26.1. The summed E-state index contributed by atoms with van der Waals surface area (Å²) in [6.45, 7) is 1.77. The van der Waals surface area contributed by atoms with Crippen molar-refractivity contribution in [1.29, 1.82) is 0 Å². The van der Waals surface area contributed by atoms with Gasteiger partial charge in [0.2, 0.25) is 0 Å². The van der Waals surface area contributed by atoms with Crippen molar-refractivity contribution < 1.29 is 14.7 Å². The number of carboxylic acid groups (broad SMARTS) is 1. The van der Waals surface area contributed by atoms with Crippen LogP contribution in [0.5, 0.6) is 0 Å². The summed E-state index contributed by atoms with van der Waals surface area (Å²) in [5, 5.41) is 8.68. The van der Waals surface area contributed by atoms with E-state index in [1.54, 1.807) is 17.4 Å². The first-order valence-electron chi connectivity index (χ1n) is 4.42. The van der Waals surface area contributed by atoms with Gasteiger partial charge in [-0.25, -0.2) is 9.78 Å². The van der Waals surface area contributed by atoms with Crippen molar-refractivity contribution in [3.63, 3.8) is 0 Å². The Morgan fingerprint density at radius 1 is 1.50 bits per heavy atom. The second-order valence-electron chi connectivity index (χ2n) is 3.23. The van der Waals surface area contributed by atoms with Crippen LogP contribution in [0.1, 0.15) is 16.2 Å². The van der Waals surface area contributed by atoms with Crippen LogP contribution in [0.25, 0.3) is 5.52 Å². The molecule has 6 heteroatoms. The van der Waals surface area contributed by atoms with Crippen LogP contribution in [0.4, 0.5) is 0 Å². The topological polar surface area (TPSA) is 71.7 Å². The quantitative estimate of drug-likeness (QED) is 0.672. The number of carbonyl (C=O) groups excluding carboxylic acids is 1. The minimum atomic E-state index is -1.46. The maximum atomic E-state index is 11.4. The fourth-order valence-corrected chi connectivity index (χ4v) is 2.23. The van der Waals surface area contributed by atoms with Gasteiger partial charge in [-0.1, -0.05) is 0 Å². The van der Waals surface area contributed by atoms with Crippen molar-refractivity contribution in [1.82, 2.24) is 9.38 Å². The lowest BCUT2D eigenvalue weighted by molar-refractivity contribution is -0.131. The number of rotatable bonds is 2. The Balaban J connectivity index is 2.79. The lowest BCUT2D eigenvalue weighted by atomic mass is 10.2. The second-order valence-corrected chi connectivity index (χ2v) is 4.04. The van der Waals surface area contributed by atoms with Gasteiger partial charge >= 0.3 is 5.97 Å². The van der Waals surface area contributed by atoms with Crippen LogP contribution in [-0.2, 0) is 4.79 Å². The molecule has 0 atom stereocenters. The number of hydrogen-bond acceptors (Lipinski definition) is 3. The number of fused-ring (bicyclic) bond motifs is 1. The number of aryl methyl sites for hydroxylation is 1. The van der Waals surface area contributed by atoms with Crippen molar-refractivity contribution in [3.8, 4) is 0 Å². The van der Waals surface area contributed by atoms with Crippen LogP contribution in [0, 0.1) is 6.92 Å². The second kappa shape index (κ2) is 3.71. The van der Waals surface area contributed by atoms with Crippen molar-refractivity contribution in [3.05, 3.63) is 34.3 Å². The molecule has 0 aromatic carbocycles. The van der Waals surface area contributed by atoms with E-state index >= 15 is 0 Å². The summed E-state index contributed by atoms with van der Waals surface area (Å²) in [7, 11) is 0.